The molecule has 2 N–H and O–H groups in total. The van der Waals surface area contributed by atoms with E-state index in [-0.39, 0.29) is 13.2 Å². The lowest BCUT2D eigenvalue weighted by atomic mass is 10.2. The lowest BCUT2D eigenvalue weighted by Gasteiger charge is -1.89. The highest BCUT2D eigenvalue weighted by Gasteiger charge is 1.80. The summed E-state index contributed by atoms with van der Waals surface area (Å²) >= 11 is 0. The van der Waals surface area contributed by atoms with E-state index in [4.69, 9.17) is 10.2 Å². The maximum absolute atomic E-state index is 8.54. The van der Waals surface area contributed by atoms with Gasteiger partial charge >= 0.3 is 0 Å². The zero-order valence-electron chi connectivity index (χ0n) is 9.45. The maximum atomic E-state index is 8.54. The minimum absolute atomic E-state index is 0.0126. The highest BCUT2D eigenvalue weighted by atomic mass is 16.3. The third-order valence-corrected chi connectivity index (χ3v) is 1.70. The van der Waals surface area contributed by atoms with E-state index in [1.807, 2.05) is 6.08 Å². The van der Waals surface area contributed by atoms with Crippen LogP contribution in [0, 0.1) is 23.7 Å². The number of aliphatic hydroxyl groups is 2. The molecule has 0 amide bonds. The molecule has 0 fully saturated rings. The van der Waals surface area contributed by atoms with Crippen LogP contribution >= 0.6 is 0 Å². The quantitative estimate of drug-likeness (QED) is 0.404. The average Bonchev–Trinajstić information content (AvgIpc) is 2.31. The van der Waals surface area contributed by atoms with Crippen LogP contribution in [0.2, 0.25) is 0 Å². The molecule has 0 heterocycles. The van der Waals surface area contributed by atoms with Crippen LogP contribution in [-0.2, 0) is 0 Å². The van der Waals surface area contributed by atoms with Gasteiger partial charge in [-0.1, -0.05) is 30.1 Å². The van der Waals surface area contributed by atoms with Gasteiger partial charge in [-0.05, 0) is 37.2 Å². The van der Waals surface area contributed by atoms with E-state index in [9.17, 15) is 0 Å². The lowest BCUT2D eigenvalue weighted by molar-refractivity contribution is 0.285. The highest BCUT2D eigenvalue weighted by Crippen LogP contribution is 1.95. The largest absolute Gasteiger partial charge is 0.396 e. The molecule has 0 aliphatic rings. The van der Waals surface area contributed by atoms with Gasteiger partial charge in [0.2, 0.25) is 0 Å². The number of unbranched alkanes of at least 4 members (excludes halogenated alkanes) is 2. The zero-order valence-corrected chi connectivity index (χ0v) is 9.45. The Morgan fingerprint density at radius 3 is 2.56 bits per heavy atom. The number of hydrogen-bond acceptors (Lipinski definition) is 2. The molecule has 2 nitrogen and oxygen atoms in total. The van der Waals surface area contributed by atoms with E-state index >= 15 is 0 Å². The Morgan fingerprint density at radius 1 is 0.938 bits per heavy atom. The van der Waals surface area contributed by atoms with E-state index < -0.39 is 0 Å². The van der Waals surface area contributed by atoms with Crippen LogP contribution in [0.25, 0.3) is 0 Å². The fourth-order valence-electron chi connectivity index (χ4n) is 0.919. The molecule has 0 aromatic rings. The summed E-state index contributed by atoms with van der Waals surface area (Å²) in [4.78, 5) is 0. The van der Waals surface area contributed by atoms with Crippen LogP contribution in [-0.4, -0.2) is 23.4 Å². The molecule has 86 valence electrons. The summed E-state index contributed by atoms with van der Waals surface area (Å²) in [6.07, 6.45) is 10.8. The fraction of sp³-hybridized carbons (Fsp3) is 0.429. The Morgan fingerprint density at radius 2 is 1.81 bits per heavy atom. The molecule has 0 aromatic carbocycles. The molecule has 0 rings (SSSR count). The van der Waals surface area contributed by atoms with Crippen molar-refractivity contribution in [1.29, 1.82) is 0 Å². The first-order valence-electron chi connectivity index (χ1n) is 5.42. The van der Waals surface area contributed by atoms with Crippen molar-refractivity contribution in [3.8, 4) is 23.7 Å². The summed E-state index contributed by atoms with van der Waals surface area (Å²) in [5, 5.41) is 17.0. The van der Waals surface area contributed by atoms with Gasteiger partial charge in [-0.15, -0.1) is 0 Å². The predicted molar refractivity (Wildman–Crippen MR) is 66.5 cm³/mol. The van der Waals surface area contributed by atoms with Crippen LogP contribution in [0.4, 0.5) is 0 Å². The van der Waals surface area contributed by atoms with E-state index in [0.29, 0.717) is 6.42 Å². The van der Waals surface area contributed by atoms with E-state index in [2.05, 4.69) is 29.8 Å². The summed E-state index contributed by atoms with van der Waals surface area (Å²) in [6, 6.07) is 0. The van der Waals surface area contributed by atoms with Crippen molar-refractivity contribution in [2.75, 3.05) is 13.2 Å². The Kier molecular flexibility index (Phi) is 12.3. The first-order valence-corrected chi connectivity index (χ1v) is 5.42. The molecule has 0 spiro atoms. The molecule has 0 saturated carbocycles. The smallest absolute Gasteiger partial charge is 0.0621 e. The number of aliphatic hydroxyl groups excluding tert-OH is 2. The molecule has 2 heteroatoms. The first kappa shape index (κ1) is 14.5. The monoisotopic (exact) mass is 218 g/mol. The number of hydrogen-bond donors (Lipinski definition) is 2. The second-order valence-electron chi connectivity index (χ2n) is 3.05. The van der Waals surface area contributed by atoms with Gasteiger partial charge in [0, 0.05) is 13.0 Å². The number of rotatable bonds is 6. The molecule has 0 unspecified atom stereocenters. The van der Waals surface area contributed by atoms with Gasteiger partial charge in [0.05, 0.1) is 6.61 Å². The van der Waals surface area contributed by atoms with Crippen LogP contribution in [0.1, 0.15) is 25.7 Å². The van der Waals surface area contributed by atoms with E-state index in [1.165, 1.54) is 0 Å². The average molecular weight is 218 g/mol. The van der Waals surface area contributed by atoms with Crippen LogP contribution < -0.4 is 0 Å². The van der Waals surface area contributed by atoms with Crippen molar-refractivity contribution in [3.05, 3.63) is 24.3 Å². The molecule has 0 saturated heterocycles. The van der Waals surface area contributed by atoms with Crippen LogP contribution in [0.3, 0.4) is 0 Å². The van der Waals surface area contributed by atoms with Gasteiger partial charge in [-0.25, -0.2) is 0 Å². The summed E-state index contributed by atoms with van der Waals surface area (Å²) in [6.45, 7) is 0.281. The fourth-order valence-corrected chi connectivity index (χ4v) is 0.919. The Labute approximate surface area is 97.7 Å². The first-order chi connectivity index (χ1) is 7.91. The normalized spacial score (nSPS) is 9.88. The van der Waals surface area contributed by atoms with E-state index in [1.54, 1.807) is 12.2 Å². The predicted octanol–water partition coefficient (Wildman–Crippen LogP) is 1.65. The van der Waals surface area contributed by atoms with Crippen LogP contribution in [0.15, 0.2) is 24.3 Å². The van der Waals surface area contributed by atoms with Crippen LogP contribution in [0.5, 0.6) is 0 Å². The van der Waals surface area contributed by atoms with Gasteiger partial charge in [0.25, 0.3) is 0 Å². The molecular weight excluding hydrogens is 200 g/mol. The summed E-state index contributed by atoms with van der Waals surface area (Å²) < 4.78 is 0. The van der Waals surface area contributed by atoms with E-state index in [0.717, 1.165) is 19.3 Å². The summed E-state index contributed by atoms with van der Waals surface area (Å²) in [7, 11) is 0. The van der Waals surface area contributed by atoms with Gasteiger partial charge in [-0.3, -0.25) is 0 Å². The lowest BCUT2D eigenvalue weighted by Crippen LogP contribution is -1.79. The topological polar surface area (TPSA) is 40.5 Å². The van der Waals surface area contributed by atoms with Crippen molar-refractivity contribution in [1.82, 2.24) is 0 Å². The minimum atomic E-state index is 0.0126. The van der Waals surface area contributed by atoms with Crippen molar-refractivity contribution in [2.24, 2.45) is 0 Å². The van der Waals surface area contributed by atoms with Gasteiger partial charge in [0.1, 0.15) is 0 Å². The maximum Gasteiger partial charge on any atom is 0.0621 e. The van der Waals surface area contributed by atoms with Crippen molar-refractivity contribution < 1.29 is 10.2 Å². The molecule has 16 heavy (non-hydrogen) atoms. The molecule has 0 aliphatic carbocycles. The standard InChI is InChI=1S/C14H18O2/c15-13-11-9-7-5-3-1-2-4-6-8-10-12-14-16/h3,5,10,12,15-16H,1,7,9,11,13-14H2. The molecule has 0 aliphatic heterocycles. The second kappa shape index (κ2) is 13.5. The third kappa shape index (κ3) is 12.5. The third-order valence-electron chi connectivity index (χ3n) is 1.70. The van der Waals surface area contributed by atoms with Crippen molar-refractivity contribution in [2.45, 2.75) is 25.7 Å². The Balaban J connectivity index is 3.52. The van der Waals surface area contributed by atoms with Crippen molar-refractivity contribution >= 4 is 0 Å². The van der Waals surface area contributed by atoms with Gasteiger partial charge < -0.3 is 10.2 Å². The van der Waals surface area contributed by atoms with Gasteiger partial charge in [-0.2, -0.15) is 0 Å². The zero-order chi connectivity index (χ0) is 11.9. The SMILES string of the molecule is OCC=CC#CC#CCC=CCCCCO. The summed E-state index contributed by atoms with van der Waals surface area (Å²) in [5.74, 6) is 11.0. The Hall–Kier alpha value is -1.48. The van der Waals surface area contributed by atoms with Gasteiger partial charge in [0.15, 0.2) is 0 Å². The molecular formula is C14H18O2. The minimum Gasteiger partial charge on any atom is -0.396 e. The second-order valence-corrected chi connectivity index (χ2v) is 3.05. The number of allylic oxidation sites excluding steroid dienone is 3. The van der Waals surface area contributed by atoms with Crippen molar-refractivity contribution in [3.63, 3.8) is 0 Å². The molecule has 0 bridgehead atoms. The Bertz CT molecular complexity index is 318. The molecule has 0 aromatic heterocycles. The summed E-state index contributed by atoms with van der Waals surface area (Å²) in [5.41, 5.74) is 0. The highest BCUT2D eigenvalue weighted by molar-refractivity contribution is 5.31. The molecule has 0 atom stereocenters. The molecule has 0 radical (unpaired) electrons.